The second-order valence-electron chi connectivity index (χ2n) is 4.60. The molecule has 94 valence electrons. The third-order valence-corrected chi connectivity index (χ3v) is 4.01. The summed E-state index contributed by atoms with van der Waals surface area (Å²) in [4.78, 5) is 8.51. The Balaban J connectivity index is 1.94. The summed E-state index contributed by atoms with van der Waals surface area (Å²) in [5, 5.41) is 3.30. The average molecular weight is 300 g/mol. The predicted octanol–water partition coefficient (Wildman–Crippen LogP) is 3.10. The molecule has 1 aliphatic carbocycles. The number of halogens is 1. The van der Waals surface area contributed by atoms with Crippen LogP contribution in [0.2, 0.25) is 0 Å². The summed E-state index contributed by atoms with van der Waals surface area (Å²) >= 11 is 3.34. The van der Waals surface area contributed by atoms with Gasteiger partial charge in [0, 0.05) is 6.54 Å². The van der Waals surface area contributed by atoms with Crippen LogP contribution in [0.4, 0.5) is 5.95 Å². The summed E-state index contributed by atoms with van der Waals surface area (Å²) in [7, 11) is 1.61. The molecule has 1 aromatic rings. The highest BCUT2D eigenvalue weighted by atomic mass is 79.9. The van der Waals surface area contributed by atoms with E-state index in [9.17, 15) is 0 Å². The van der Waals surface area contributed by atoms with Gasteiger partial charge in [0.15, 0.2) is 0 Å². The van der Waals surface area contributed by atoms with Gasteiger partial charge in [-0.15, -0.1) is 0 Å². The molecule has 1 aromatic heterocycles. The molecule has 0 saturated heterocycles. The fraction of sp³-hybridized carbons (Fsp3) is 0.667. The van der Waals surface area contributed by atoms with Crippen molar-refractivity contribution in [3.05, 3.63) is 10.7 Å². The van der Waals surface area contributed by atoms with Crippen LogP contribution in [0.5, 0.6) is 5.88 Å². The monoisotopic (exact) mass is 299 g/mol. The molecule has 1 saturated carbocycles. The number of methoxy groups -OCH3 is 1. The van der Waals surface area contributed by atoms with Crippen LogP contribution in [-0.2, 0) is 0 Å². The molecule has 0 aliphatic heterocycles. The van der Waals surface area contributed by atoms with Crippen LogP contribution in [0.1, 0.15) is 26.2 Å². The summed E-state index contributed by atoms with van der Waals surface area (Å²) in [6.45, 7) is 3.27. The van der Waals surface area contributed by atoms with Crippen LogP contribution in [0.3, 0.4) is 0 Å². The van der Waals surface area contributed by atoms with Gasteiger partial charge in [-0.1, -0.05) is 19.8 Å². The maximum absolute atomic E-state index is 5.14. The Hall–Kier alpha value is -0.840. The molecule has 2 atom stereocenters. The molecular formula is C12H18BrN3O. The van der Waals surface area contributed by atoms with Crippen molar-refractivity contribution in [2.24, 2.45) is 11.8 Å². The van der Waals surface area contributed by atoms with E-state index in [1.165, 1.54) is 19.3 Å². The lowest BCUT2D eigenvalue weighted by Gasteiger charge is -2.16. The standard InChI is InChI=1S/C12H18BrN3O/c1-8-4-3-5-9(8)6-14-12-15-7-10(13)11(16-12)17-2/h7-9H,3-6H2,1-2H3,(H,14,15,16). The summed E-state index contributed by atoms with van der Waals surface area (Å²) in [6, 6.07) is 0. The van der Waals surface area contributed by atoms with E-state index >= 15 is 0 Å². The highest BCUT2D eigenvalue weighted by Gasteiger charge is 2.23. The third kappa shape index (κ3) is 3.09. The van der Waals surface area contributed by atoms with Gasteiger partial charge in [0.2, 0.25) is 11.8 Å². The Labute approximate surface area is 110 Å². The molecule has 0 bridgehead atoms. The molecule has 2 rings (SSSR count). The fourth-order valence-electron chi connectivity index (χ4n) is 2.33. The quantitative estimate of drug-likeness (QED) is 0.928. The maximum Gasteiger partial charge on any atom is 0.232 e. The van der Waals surface area contributed by atoms with E-state index in [4.69, 9.17) is 4.74 Å². The van der Waals surface area contributed by atoms with Crippen molar-refractivity contribution in [1.82, 2.24) is 9.97 Å². The molecular weight excluding hydrogens is 282 g/mol. The fourth-order valence-corrected chi connectivity index (χ4v) is 2.68. The van der Waals surface area contributed by atoms with Gasteiger partial charge in [-0.2, -0.15) is 4.98 Å². The molecule has 1 aliphatic rings. The molecule has 1 heterocycles. The van der Waals surface area contributed by atoms with Crippen LogP contribution in [0, 0.1) is 11.8 Å². The number of aromatic nitrogens is 2. The molecule has 4 nitrogen and oxygen atoms in total. The molecule has 5 heteroatoms. The molecule has 17 heavy (non-hydrogen) atoms. The number of hydrogen-bond acceptors (Lipinski definition) is 4. The van der Waals surface area contributed by atoms with Crippen molar-refractivity contribution >= 4 is 21.9 Å². The lowest BCUT2D eigenvalue weighted by Crippen LogP contribution is -2.17. The topological polar surface area (TPSA) is 47.0 Å². The predicted molar refractivity (Wildman–Crippen MR) is 71.3 cm³/mol. The van der Waals surface area contributed by atoms with Crippen LogP contribution in [0.15, 0.2) is 10.7 Å². The van der Waals surface area contributed by atoms with Gasteiger partial charge in [0.1, 0.15) is 0 Å². The zero-order valence-corrected chi connectivity index (χ0v) is 11.8. The summed E-state index contributed by atoms with van der Waals surface area (Å²) < 4.78 is 5.92. The zero-order chi connectivity index (χ0) is 12.3. The van der Waals surface area contributed by atoms with E-state index in [2.05, 4.69) is 38.1 Å². The van der Waals surface area contributed by atoms with Gasteiger partial charge in [-0.05, 0) is 34.2 Å². The smallest absolute Gasteiger partial charge is 0.232 e. The van der Waals surface area contributed by atoms with Crippen molar-refractivity contribution in [3.8, 4) is 5.88 Å². The average Bonchev–Trinajstić information content (AvgIpc) is 2.74. The minimum atomic E-state index is 0.571. The lowest BCUT2D eigenvalue weighted by molar-refractivity contribution is 0.394. The van der Waals surface area contributed by atoms with Gasteiger partial charge < -0.3 is 10.1 Å². The molecule has 2 unspecified atom stereocenters. The largest absolute Gasteiger partial charge is 0.480 e. The normalized spacial score (nSPS) is 23.7. The number of anilines is 1. The van der Waals surface area contributed by atoms with E-state index in [1.54, 1.807) is 13.3 Å². The number of nitrogens with one attached hydrogen (secondary N) is 1. The molecule has 0 aromatic carbocycles. The zero-order valence-electron chi connectivity index (χ0n) is 10.2. The van der Waals surface area contributed by atoms with Gasteiger partial charge in [0.05, 0.1) is 17.8 Å². The van der Waals surface area contributed by atoms with Crippen LogP contribution < -0.4 is 10.1 Å². The van der Waals surface area contributed by atoms with Gasteiger partial charge >= 0.3 is 0 Å². The summed E-state index contributed by atoms with van der Waals surface area (Å²) in [6.07, 6.45) is 5.71. The second kappa shape index (κ2) is 5.67. The van der Waals surface area contributed by atoms with Crippen LogP contribution >= 0.6 is 15.9 Å². The second-order valence-corrected chi connectivity index (χ2v) is 5.45. The number of ether oxygens (including phenoxy) is 1. The van der Waals surface area contributed by atoms with Gasteiger partial charge in [-0.25, -0.2) is 4.98 Å². The minimum absolute atomic E-state index is 0.571. The SMILES string of the molecule is COc1nc(NCC2CCCC2C)ncc1Br. The number of nitrogens with zero attached hydrogens (tertiary/aromatic N) is 2. The van der Waals surface area contributed by atoms with Crippen molar-refractivity contribution in [3.63, 3.8) is 0 Å². The van der Waals surface area contributed by atoms with Crippen LogP contribution in [-0.4, -0.2) is 23.6 Å². The van der Waals surface area contributed by atoms with Crippen molar-refractivity contribution in [2.45, 2.75) is 26.2 Å². The Morgan fingerprint density at radius 1 is 1.53 bits per heavy atom. The summed E-state index contributed by atoms with van der Waals surface area (Å²) in [5.41, 5.74) is 0. The molecule has 0 radical (unpaired) electrons. The van der Waals surface area contributed by atoms with E-state index in [0.29, 0.717) is 11.8 Å². The first-order valence-electron chi connectivity index (χ1n) is 6.01. The van der Waals surface area contributed by atoms with E-state index in [1.807, 2.05) is 0 Å². The van der Waals surface area contributed by atoms with Gasteiger partial charge in [-0.3, -0.25) is 0 Å². The van der Waals surface area contributed by atoms with E-state index in [-0.39, 0.29) is 0 Å². The molecule has 0 spiro atoms. The molecule has 1 fully saturated rings. The van der Waals surface area contributed by atoms with Crippen molar-refractivity contribution in [2.75, 3.05) is 19.0 Å². The third-order valence-electron chi connectivity index (χ3n) is 3.47. The Bertz CT molecular complexity index is 386. The highest BCUT2D eigenvalue weighted by Crippen LogP contribution is 2.31. The number of hydrogen-bond donors (Lipinski definition) is 1. The van der Waals surface area contributed by atoms with Crippen LogP contribution in [0.25, 0.3) is 0 Å². The van der Waals surface area contributed by atoms with Gasteiger partial charge in [0.25, 0.3) is 0 Å². The number of rotatable bonds is 4. The highest BCUT2D eigenvalue weighted by molar-refractivity contribution is 9.10. The first kappa shape index (κ1) is 12.6. The molecule has 0 amide bonds. The first-order chi connectivity index (χ1) is 8.20. The van der Waals surface area contributed by atoms with Crippen molar-refractivity contribution in [1.29, 1.82) is 0 Å². The lowest BCUT2D eigenvalue weighted by atomic mass is 9.98. The van der Waals surface area contributed by atoms with E-state index < -0.39 is 0 Å². The Kier molecular flexibility index (Phi) is 4.20. The molecule has 1 N–H and O–H groups in total. The minimum Gasteiger partial charge on any atom is -0.480 e. The Morgan fingerprint density at radius 2 is 2.35 bits per heavy atom. The summed E-state index contributed by atoms with van der Waals surface area (Å²) in [5.74, 6) is 2.76. The Morgan fingerprint density at radius 3 is 3.00 bits per heavy atom. The maximum atomic E-state index is 5.14. The van der Waals surface area contributed by atoms with Crippen molar-refractivity contribution < 1.29 is 4.74 Å². The van der Waals surface area contributed by atoms with E-state index in [0.717, 1.165) is 22.9 Å². The first-order valence-corrected chi connectivity index (χ1v) is 6.80.